The summed E-state index contributed by atoms with van der Waals surface area (Å²) in [4.78, 5) is 14.7. The monoisotopic (exact) mass is 389 g/mol. The highest BCUT2D eigenvalue weighted by molar-refractivity contribution is 7.89. The number of piperidine rings is 1. The Morgan fingerprint density at radius 3 is 2.42 bits per heavy atom. The van der Waals surface area contributed by atoms with Crippen LogP contribution in [0, 0.1) is 5.92 Å². The molecule has 0 aromatic heterocycles. The van der Waals surface area contributed by atoms with E-state index in [9.17, 15) is 13.2 Å². The Hall–Kier alpha value is -0.700. The normalized spacial score (nSPS) is 28.5. The highest BCUT2D eigenvalue weighted by Gasteiger charge is 2.38. The number of rotatable bonds is 7. The van der Waals surface area contributed by atoms with E-state index in [1.165, 1.54) is 0 Å². The molecule has 0 radical (unpaired) electrons. The summed E-state index contributed by atoms with van der Waals surface area (Å²) in [5, 5.41) is 8.30. The number of amides is 1. The van der Waals surface area contributed by atoms with Crippen molar-refractivity contribution in [2.75, 3.05) is 19.7 Å². The third-order valence-electron chi connectivity index (χ3n) is 5.44. The van der Waals surface area contributed by atoms with Gasteiger partial charge in [0, 0.05) is 37.7 Å². The Morgan fingerprint density at radius 1 is 1.23 bits per heavy atom. The minimum atomic E-state index is -3.50. The summed E-state index contributed by atoms with van der Waals surface area (Å²) in [5.41, 5.74) is 0. The van der Waals surface area contributed by atoms with E-state index in [1.54, 1.807) is 0 Å². The molecule has 1 aliphatic heterocycles. The van der Waals surface area contributed by atoms with Crippen molar-refractivity contribution < 1.29 is 17.9 Å². The molecule has 2 fully saturated rings. The second-order valence-corrected chi connectivity index (χ2v) is 9.81. The first-order valence-corrected chi connectivity index (χ1v) is 11.5. The average Bonchev–Trinajstić information content (AvgIpc) is 2.59. The van der Waals surface area contributed by atoms with Gasteiger partial charge in [0.2, 0.25) is 15.9 Å². The molecule has 1 heterocycles. The lowest BCUT2D eigenvalue weighted by atomic mass is 9.82. The van der Waals surface area contributed by atoms with Crippen molar-refractivity contribution >= 4 is 15.9 Å². The molecule has 26 heavy (non-hydrogen) atoms. The average molecular weight is 390 g/mol. The number of likely N-dealkylation sites (tertiary alicyclic amines) is 1. The summed E-state index contributed by atoms with van der Waals surface area (Å²) >= 11 is 0. The molecule has 0 bridgehead atoms. The van der Waals surface area contributed by atoms with Crippen molar-refractivity contribution in [3.05, 3.63) is 0 Å². The van der Waals surface area contributed by atoms with Crippen LogP contribution in [0.5, 0.6) is 0 Å². The fraction of sp³-hybridized carbons (Fsp3) is 0.944. The number of nitrogens with zero attached hydrogens (tertiary/aromatic N) is 1. The van der Waals surface area contributed by atoms with E-state index in [2.05, 4.69) is 26.1 Å². The van der Waals surface area contributed by atoms with Gasteiger partial charge in [-0.15, -0.1) is 0 Å². The van der Waals surface area contributed by atoms with Crippen molar-refractivity contribution in [1.82, 2.24) is 10.2 Å². The lowest BCUT2D eigenvalue weighted by molar-refractivity contribution is -0.140. The van der Waals surface area contributed by atoms with Crippen LogP contribution in [-0.2, 0) is 19.6 Å². The van der Waals surface area contributed by atoms with Gasteiger partial charge in [-0.3, -0.25) is 4.79 Å². The van der Waals surface area contributed by atoms with E-state index in [-0.39, 0.29) is 17.9 Å². The molecule has 8 heteroatoms. The van der Waals surface area contributed by atoms with Gasteiger partial charge in [0.1, 0.15) is 0 Å². The molecule has 1 aliphatic carbocycles. The number of carbonyl (C=O) groups excluding carboxylic acids is 1. The van der Waals surface area contributed by atoms with Crippen LogP contribution in [-0.4, -0.2) is 62.4 Å². The number of nitrogens with one attached hydrogen (secondary N) is 1. The first kappa shape index (κ1) is 21.6. The molecule has 0 spiro atoms. The second kappa shape index (κ2) is 9.48. The van der Waals surface area contributed by atoms with Crippen LogP contribution in [0.3, 0.4) is 0 Å². The maximum atomic E-state index is 12.9. The number of primary sulfonamides is 1. The van der Waals surface area contributed by atoms with Gasteiger partial charge in [0.25, 0.3) is 0 Å². The minimum absolute atomic E-state index is 0.0342. The molecule has 1 amide bonds. The van der Waals surface area contributed by atoms with Gasteiger partial charge in [0.15, 0.2) is 0 Å². The topological polar surface area (TPSA) is 102 Å². The van der Waals surface area contributed by atoms with Crippen LogP contribution in [0.15, 0.2) is 0 Å². The molecule has 3 atom stereocenters. The summed E-state index contributed by atoms with van der Waals surface area (Å²) in [6.07, 6.45) is 4.40. The summed E-state index contributed by atoms with van der Waals surface area (Å²) in [5.74, 6) is 0.110. The molecule has 3 unspecified atom stereocenters. The van der Waals surface area contributed by atoms with E-state index < -0.39 is 15.3 Å². The second-order valence-electron chi connectivity index (χ2n) is 7.96. The number of carbonyl (C=O) groups is 1. The molecule has 2 rings (SSSR count). The van der Waals surface area contributed by atoms with E-state index in [1.807, 2.05) is 4.90 Å². The van der Waals surface area contributed by atoms with Gasteiger partial charge < -0.3 is 15.0 Å². The smallest absolute Gasteiger partial charge is 0.225 e. The largest absolute Gasteiger partial charge is 0.377 e. The molecule has 152 valence electrons. The zero-order valence-electron chi connectivity index (χ0n) is 16.3. The van der Waals surface area contributed by atoms with Crippen LogP contribution in [0.2, 0.25) is 0 Å². The fourth-order valence-corrected chi connectivity index (χ4v) is 4.96. The van der Waals surface area contributed by atoms with Gasteiger partial charge in [-0.05, 0) is 38.5 Å². The maximum absolute atomic E-state index is 12.9. The van der Waals surface area contributed by atoms with Gasteiger partial charge in [-0.2, -0.15) is 0 Å². The van der Waals surface area contributed by atoms with Gasteiger partial charge >= 0.3 is 0 Å². The Bertz CT molecular complexity index is 559. The first-order valence-electron chi connectivity index (χ1n) is 9.90. The molecule has 3 N–H and O–H groups in total. The molecule has 1 saturated carbocycles. The number of sulfonamides is 1. The van der Waals surface area contributed by atoms with Crippen molar-refractivity contribution in [2.45, 2.75) is 82.7 Å². The van der Waals surface area contributed by atoms with Gasteiger partial charge in [-0.1, -0.05) is 20.8 Å². The first-order chi connectivity index (χ1) is 12.2. The van der Waals surface area contributed by atoms with Crippen molar-refractivity contribution in [3.8, 4) is 0 Å². The van der Waals surface area contributed by atoms with E-state index in [0.29, 0.717) is 44.6 Å². The predicted molar refractivity (Wildman–Crippen MR) is 102 cm³/mol. The number of hydrogen-bond donors (Lipinski definition) is 2. The van der Waals surface area contributed by atoms with E-state index in [0.717, 1.165) is 25.7 Å². The molecule has 2 aliphatic rings. The maximum Gasteiger partial charge on any atom is 0.225 e. The van der Waals surface area contributed by atoms with Crippen molar-refractivity contribution in [3.63, 3.8) is 0 Å². The Balaban J connectivity index is 1.93. The Labute approximate surface area is 158 Å². The lowest BCUT2D eigenvalue weighted by Gasteiger charge is -2.40. The van der Waals surface area contributed by atoms with Crippen LogP contribution in [0.25, 0.3) is 0 Å². The number of hydrogen-bond acceptors (Lipinski definition) is 5. The molecule has 1 saturated heterocycles. The van der Waals surface area contributed by atoms with Crippen LogP contribution in [0.1, 0.15) is 59.3 Å². The van der Waals surface area contributed by atoms with Crippen molar-refractivity contribution in [1.29, 1.82) is 0 Å². The van der Waals surface area contributed by atoms with Crippen molar-refractivity contribution in [2.24, 2.45) is 11.1 Å². The zero-order chi connectivity index (χ0) is 19.3. The predicted octanol–water partition coefficient (Wildman–Crippen LogP) is 1.23. The summed E-state index contributed by atoms with van der Waals surface area (Å²) in [7, 11) is -3.50. The molecule has 7 nitrogen and oxygen atoms in total. The Morgan fingerprint density at radius 2 is 1.88 bits per heavy atom. The fourth-order valence-electron chi connectivity index (χ4n) is 4.09. The quantitative estimate of drug-likeness (QED) is 0.682. The SMILES string of the molecule is CCCOC1CC(C(=O)N2CCC(S(N)(=O)=O)CC2)CCC1NC(C)C. The summed E-state index contributed by atoms with van der Waals surface area (Å²) in [6, 6.07) is 0.677. The molecular weight excluding hydrogens is 354 g/mol. The number of nitrogens with two attached hydrogens (primary N) is 1. The third kappa shape index (κ3) is 5.90. The number of ether oxygens (including phenoxy) is 1. The standard InChI is InChI=1S/C18H35N3O4S/c1-4-11-25-17-12-14(5-6-16(17)20-13(2)3)18(22)21-9-7-15(8-10-21)26(19,23)24/h13-17,20H,4-12H2,1-3H3,(H2,19,23,24). The molecule has 0 aromatic rings. The van der Waals surface area contributed by atoms with Gasteiger partial charge in [-0.25, -0.2) is 13.6 Å². The summed E-state index contributed by atoms with van der Waals surface area (Å²) in [6.45, 7) is 8.01. The van der Waals surface area contributed by atoms with E-state index >= 15 is 0 Å². The van der Waals surface area contributed by atoms with Crippen LogP contribution < -0.4 is 10.5 Å². The van der Waals surface area contributed by atoms with Gasteiger partial charge in [0.05, 0.1) is 11.4 Å². The summed E-state index contributed by atoms with van der Waals surface area (Å²) < 4.78 is 29.0. The Kier molecular flexibility index (Phi) is 7.88. The third-order valence-corrected chi connectivity index (χ3v) is 6.84. The highest BCUT2D eigenvalue weighted by atomic mass is 32.2. The van der Waals surface area contributed by atoms with Crippen LogP contribution >= 0.6 is 0 Å². The highest BCUT2D eigenvalue weighted by Crippen LogP contribution is 2.30. The molecular formula is C18H35N3O4S. The zero-order valence-corrected chi connectivity index (χ0v) is 17.1. The molecule has 0 aromatic carbocycles. The van der Waals surface area contributed by atoms with E-state index in [4.69, 9.17) is 9.88 Å². The lowest BCUT2D eigenvalue weighted by Crippen LogP contribution is -2.52. The van der Waals surface area contributed by atoms with Crippen LogP contribution in [0.4, 0.5) is 0 Å². The minimum Gasteiger partial charge on any atom is -0.377 e.